The van der Waals surface area contributed by atoms with Gasteiger partial charge in [0.1, 0.15) is 0 Å². The third-order valence-corrected chi connectivity index (χ3v) is 5.48. The SMILES string of the molecule is CC.CC.CC.CC.Cc1cc(NS(=O)(=O)c2ccccc2)c(C(=O)c2cccnc2)cc1C. The number of carbonyl (C=O) groups is 1. The molecule has 0 bridgehead atoms. The molecule has 0 aliphatic carbocycles. The molecule has 0 aliphatic heterocycles. The predicted octanol–water partition coefficient (Wildman–Crippen LogP) is 7.84. The molecule has 34 heavy (non-hydrogen) atoms. The first-order valence-corrected chi connectivity index (χ1v) is 13.5. The number of aryl methyl sites for hydroxylation is 2. The Morgan fingerprint density at radius 1 is 0.765 bits per heavy atom. The monoisotopic (exact) mass is 486 g/mol. The lowest BCUT2D eigenvalue weighted by molar-refractivity contribution is 0.103. The van der Waals surface area contributed by atoms with Crippen molar-refractivity contribution in [3.63, 3.8) is 0 Å². The molecule has 0 amide bonds. The van der Waals surface area contributed by atoms with Gasteiger partial charge in [0.2, 0.25) is 0 Å². The first-order valence-electron chi connectivity index (χ1n) is 12.0. The van der Waals surface area contributed by atoms with Crippen LogP contribution in [0.2, 0.25) is 0 Å². The summed E-state index contributed by atoms with van der Waals surface area (Å²) in [6.45, 7) is 19.7. The molecule has 188 valence electrons. The van der Waals surface area contributed by atoms with Gasteiger partial charge >= 0.3 is 0 Å². The second-order valence-corrected chi connectivity index (χ2v) is 7.65. The van der Waals surface area contributed by atoms with Crippen LogP contribution in [0.3, 0.4) is 0 Å². The highest BCUT2D eigenvalue weighted by Crippen LogP contribution is 2.26. The van der Waals surface area contributed by atoms with E-state index in [-0.39, 0.29) is 16.4 Å². The normalized spacial score (nSPS) is 9.24. The van der Waals surface area contributed by atoms with Crippen molar-refractivity contribution in [2.45, 2.75) is 74.1 Å². The molecule has 3 rings (SSSR count). The van der Waals surface area contributed by atoms with E-state index in [1.54, 1.807) is 48.7 Å². The lowest BCUT2D eigenvalue weighted by Crippen LogP contribution is -2.16. The molecule has 0 saturated carbocycles. The largest absolute Gasteiger partial charge is 0.288 e. The number of hydrogen-bond acceptors (Lipinski definition) is 4. The van der Waals surface area contributed by atoms with Gasteiger partial charge in [0.25, 0.3) is 10.0 Å². The molecular weight excluding hydrogens is 444 g/mol. The summed E-state index contributed by atoms with van der Waals surface area (Å²) in [7, 11) is -3.80. The van der Waals surface area contributed by atoms with Crippen molar-refractivity contribution < 1.29 is 13.2 Å². The molecule has 1 heterocycles. The average Bonchev–Trinajstić information content (AvgIpc) is 2.91. The van der Waals surface area contributed by atoms with Crippen LogP contribution in [0.25, 0.3) is 0 Å². The van der Waals surface area contributed by atoms with E-state index in [1.165, 1.54) is 18.3 Å². The minimum Gasteiger partial charge on any atom is -0.288 e. The molecule has 1 aromatic heterocycles. The summed E-state index contributed by atoms with van der Waals surface area (Å²) < 4.78 is 27.9. The van der Waals surface area contributed by atoms with Gasteiger partial charge in [-0.1, -0.05) is 73.6 Å². The van der Waals surface area contributed by atoms with Gasteiger partial charge in [-0.2, -0.15) is 0 Å². The standard InChI is InChI=1S/C20H18N2O3S.4C2H6/c1-14-11-18(20(23)16-7-6-10-21-13-16)19(12-15(14)2)22-26(24,25)17-8-4-3-5-9-17;4*1-2/h3-13,22H,1-2H3;4*1-2H3. The summed E-state index contributed by atoms with van der Waals surface area (Å²) in [6.07, 6.45) is 3.04. The Bertz CT molecular complexity index is 1050. The fourth-order valence-corrected chi connectivity index (χ4v) is 3.64. The smallest absolute Gasteiger partial charge is 0.261 e. The summed E-state index contributed by atoms with van der Waals surface area (Å²) in [6, 6.07) is 14.8. The van der Waals surface area contributed by atoms with Crippen molar-refractivity contribution in [1.29, 1.82) is 0 Å². The molecule has 2 aromatic carbocycles. The number of carbonyl (C=O) groups excluding carboxylic acids is 1. The number of anilines is 1. The third kappa shape index (κ3) is 9.87. The average molecular weight is 487 g/mol. The number of sulfonamides is 1. The fraction of sp³-hybridized carbons (Fsp3) is 0.357. The van der Waals surface area contributed by atoms with Gasteiger partial charge in [-0.05, 0) is 61.4 Å². The number of nitrogens with zero attached hydrogens (tertiary/aromatic N) is 1. The van der Waals surface area contributed by atoms with Crippen LogP contribution >= 0.6 is 0 Å². The zero-order chi connectivity index (χ0) is 26.7. The predicted molar refractivity (Wildman–Crippen MR) is 146 cm³/mol. The van der Waals surface area contributed by atoms with E-state index in [1.807, 2.05) is 69.2 Å². The van der Waals surface area contributed by atoms with Crippen LogP contribution in [0.15, 0.2) is 71.9 Å². The number of rotatable bonds is 5. The van der Waals surface area contributed by atoms with E-state index in [9.17, 15) is 13.2 Å². The maximum atomic E-state index is 12.9. The van der Waals surface area contributed by atoms with Gasteiger partial charge in [-0.25, -0.2) is 8.42 Å². The van der Waals surface area contributed by atoms with Crippen molar-refractivity contribution in [3.8, 4) is 0 Å². The number of ketones is 1. The van der Waals surface area contributed by atoms with Crippen LogP contribution in [0.4, 0.5) is 5.69 Å². The Hall–Kier alpha value is -2.99. The van der Waals surface area contributed by atoms with Gasteiger partial charge in [0, 0.05) is 23.5 Å². The van der Waals surface area contributed by atoms with Crippen molar-refractivity contribution in [2.24, 2.45) is 0 Å². The van der Waals surface area contributed by atoms with Gasteiger partial charge in [-0.3, -0.25) is 14.5 Å². The highest BCUT2D eigenvalue weighted by Gasteiger charge is 2.20. The lowest BCUT2D eigenvalue weighted by Gasteiger charge is -2.14. The van der Waals surface area contributed by atoms with Crippen LogP contribution < -0.4 is 4.72 Å². The summed E-state index contributed by atoms with van der Waals surface area (Å²) in [5, 5.41) is 0. The van der Waals surface area contributed by atoms with E-state index in [0.717, 1.165) is 11.1 Å². The Kier molecular flexibility index (Phi) is 18.0. The van der Waals surface area contributed by atoms with Crippen molar-refractivity contribution >= 4 is 21.5 Å². The van der Waals surface area contributed by atoms with Gasteiger partial charge < -0.3 is 0 Å². The van der Waals surface area contributed by atoms with E-state index in [4.69, 9.17) is 0 Å². The van der Waals surface area contributed by atoms with E-state index >= 15 is 0 Å². The summed E-state index contributed by atoms with van der Waals surface area (Å²) in [5.74, 6) is -0.285. The van der Waals surface area contributed by atoms with Crippen LogP contribution in [-0.4, -0.2) is 19.2 Å². The van der Waals surface area contributed by atoms with Gasteiger partial charge in [0.05, 0.1) is 10.6 Å². The molecule has 0 spiro atoms. The summed E-state index contributed by atoms with van der Waals surface area (Å²) >= 11 is 0. The minimum atomic E-state index is -3.80. The van der Waals surface area contributed by atoms with Crippen LogP contribution in [-0.2, 0) is 10.0 Å². The molecule has 5 nitrogen and oxygen atoms in total. The summed E-state index contributed by atoms with van der Waals surface area (Å²) in [4.78, 5) is 17.0. The number of benzene rings is 2. The van der Waals surface area contributed by atoms with E-state index in [0.29, 0.717) is 11.1 Å². The molecular formula is C28H42N2O3S. The zero-order valence-corrected chi connectivity index (χ0v) is 23.2. The minimum absolute atomic E-state index is 0.137. The number of nitrogens with one attached hydrogen (secondary N) is 1. The lowest BCUT2D eigenvalue weighted by atomic mass is 9.98. The molecule has 6 heteroatoms. The molecule has 0 atom stereocenters. The molecule has 0 unspecified atom stereocenters. The first kappa shape index (κ1) is 33.2. The van der Waals surface area contributed by atoms with Crippen LogP contribution in [0, 0.1) is 13.8 Å². The Labute approximate surface area is 207 Å². The molecule has 3 aromatic rings. The summed E-state index contributed by atoms with van der Waals surface area (Å²) in [5.41, 5.74) is 2.74. The van der Waals surface area contributed by atoms with E-state index in [2.05, 4.69) is 9.71 Å². The van der Waals surface area contributed by atoms with Crippen LogP contribution in [0.1, 0.15) is 82.4 Å². The molecule has 1 N–H and O–H groups in total. The molecule has 0 aliphatic rings. The maximum Gasteiger partial charge on any atom is 0.261 e. The fourth-order valence-electron chi connectivity index (χ4n) is 2.54. The number of aromatic nitrogens is 1. The molecule has 0 saturated heterocycles. The quantitative estimate of drug-likeness (QED) is 0.373. The first-order chi connectivity index (χ1) is 16.4. The van der Waals surface area contributed by atoms with Gasteiger partial charge in [-0.15, -0.1) is 0 Å². The van der Waals surface area contributed by atoms with Crippen molar-refractivity contribution in [3.05, 3.63) is 89.2 Å². The Morgan fingerprint density at radius 3 is 1.79 bits per heavy atom. The van der Waals surface area contributed by atoms with E-state index < -0.39 is 10.0 Å². The topological polar surface area (TPSA) is 76.1 Å². The Balaban J connectivity index is 0. The van der Waals surface area contributed by atoms with Gasteiger partial charge in [0.15, 0.2) is 5.78 Å². The number of pyridine rings is 1. The van der Waals surface area contributed by atoms with Crippen molar-refractivity contribution in [1.82, 2.24) is 4.98 Å². The second-order valence-electron chi connectivity index (χ2n) is 5.97. The van der Waals surface area contributed by atoms with Crippen molar-refractivity contribution in [2.75, 3.05) is 4.72 Å². The zero-order valence-electron chi connectivity index (χ0n) is 22.4. The molecule has 0 fully saturated rings. The highest BCUT2D eigenvalue weighted by molar-refractivity contribution is 7.92. The Morgan fingerprint density at radius 2 is 1.29 bits per heavy atom. The second kappa shape index (κ2) is 18.4. The number of hydrogen-bond donors (Lipinski definition) is 1. The molecule has 0 radical (unpaired) electrons. The van der Waals surface area contributed by atoms with Crippen LogP contribution in [0.5, 0.6) is 0 Å². The maximum absolute atomic E-state index is 12.9. The third-order valence-electron chi connectivity index (χ3n) is 4.10. The highest BCUT2D eigenvalue weighted by atomic mass is 32.2.